The van der Waals surface area contributed by atoms with Gasteiger partial charge in [0, 0.05) is 25.2 Å². The number of nitrogens with zero attached hydrogens (tertiary/aromatic N) is 3. The first-order chi connectivity index (χ1) is 9.91. The van der Waals surface area contributed by atoms with Crippen LogP contribution in [-0.2, 0) is 4.74 Å². The van der Waals surface area contributed by atoms with Gasteiger partial charge in [0.25, 0.3) is 17.3 Å². The van der Waals surface area contributed by atoms with Crippen LogP contribution < -0.4 is 0 Å². The van der Waals surface area contributed by atoms with Crippen LogP contribution in [0.25, 0.3) is 0 Å². The SMILES string of the molecule is Cc1c([N+](=O)[O-])cc(C(=O)N2CCOCC2)cc1[N+](=O)[O-]. The molecule has 112 valence electrons. The summed E-state index contributed by atoms with van der Waals surface area (Å²) in [5, 5.41) is 22.0. The summed E-state index contributed by atoms with van der Waals surface area (Å²) in [5.74, 6) is -0.468. The Balaban J connectivity index is 2.45. The summed E-state index contributed by atoms with van der Waals surface area (Å²) in [4.78, 5) is 34.3. The Morgan fingerprint density at radius 2 is 1.62 bits per heavy atom. The first-order valence-electron chi connectivity index (χ1n) is 6.22. The molecule has 21 heavy (non-hydrogen) atoms. The van der Waals surface area contributed by atoms with Crippen LogP contribution in [0.1, 0.15) is 15.9 Å². The number of hydrogen-bond donors (Lipinski definition) is 0. The van der Waals surface area contributed by atoms with E-state index in [1.54, 1.807) is 0 Å². The van der Waals surface area contributed by atoms with Crippen molar-refractivity contribution in [1.29, 1.82) is 0 Å². The van der Waals surface area contributed by atoms with Crippen molar-refractivity contribution in [1.82, 2.24) is 4.90 Å². The van der Waals surface area contributed by atoms with Gasteiger partial charge in [-0.1, -0.05) is 0 Å². The summed E-state index contributed by atoms with van der Waals surface area (Å²) in [5.41, 5.74) is -0.981. The molecule has 1 aromatic carbocycles. The molecule has 0 radical (unpaired) electrons. The molecule has 1 heterocycles. The Bertz CT molecular complexity index is 574. The number of hydrogen-bond acceptors (Lipinski definition) is 6. The van der Waals surface area contributed by atoms with Crippen LogP contribution >= 0.6 is 0 Å². The average Bonchev–Trinajstić information content (AvgIpc) is 2.47. The fourth-order valence-corrected chi connectivity index (χ4v) is 2.14. The van der Waals surface area contributed by atoms with Crippen LogP contribution in [0.2, 0.25) is 0 Å². The van der Waals surface area contributed by atoms with Crippen molar-refractivity contribution in [3.8, 4) is 0 Å². The van der Waals surface area contributed by atoms with Crippen molar-refractivity contribution in [3.63, 3.8) is 0 Å². The highest BCUT2D eigenvalue weighted by atomic mass is 16.6. The van der Waals surface area contributed by atoms with Gasteiger partial charge in [0.1, 0.15) is 5.56 Å². The van der Waals surface area contributed by atoms with Gasteiger partial charge in [-0.2, -0.15) is 0 Å². The third-order valence-electron chi connectivity index (χ3n) is 3.29. The minimum atomic E-state index is -0.724. The van der Waals surface area contributed by atoms with Gasteiger partial charge >= 0.3 is 0 Å². The number of morpholine rings is 1. The van der Waals surface area contributed by atoms with Gasteiger partial charge < -0.3 is 9.64 Å². The minimum absolute atomic E-state index is 0.0547. The maximum absolute atomic E-state index is 12.3. The lowest BCUT2D eigenvalue weighted by atomic mass is 10.1. The number of ether oxygens (including phenoxy) is 1. The third kappa shape index (κ3) is 2.97. The number of carbonyl (C=O) groups is 1. The molecular formula is C12H13N3O6. The molecule has 0 aliphatic carbocycles. The zero-order chi connectivity index (χ0) is 15.6. The van der Waals surface area contributed by atoms with Crippen LogP contribution in [0.15, 0.2) is 12.1 Å². The fraction of sp³-hybridized carbons (Fsp3) is 0.417. The number of benzene rings is 1. The first kappa shape index (κ1) is 14.9. The van der Waals surface area contributed by atoms with E-state index in [2.05, 4.69) is 0 Å². The molecule has 1 aliphatic heterocycles. The van der Waals surface area contributed by atoms with Gasteiger partial charge in [0.05, 0.1) is 28.6 Å². The quantitative estimate of drug-likeness (QED) is 0.612. The summed E-state index contributed by atoms with van der Waals surface area (Å²) in [7, 11) is 0. The monoisotopic (exact) mass is 295 g/mol. The molecule has 9 nitrogen and oxygen atoms in total. The zero-order valence-electron chi connectivity index (χ0n) is 11.3. The van der Waals surface area contributed by atoms with E-state index in [1.165, 1.54) is 11.8 Å². The van der Waals surface area contributed by atoms with Gasteiger partial charge in [-0.3, -0.25) is 25.0 Å². The summed E-state index contributed by atoms with van der Waals surface area (Å²) < 4.78 is 5.12. The van der Waals surface area contributed by atoms with Gasteiger partial charge in [-0.15, -0.1) is 0 Å². The van der Waals surface area contributed by atoms with E-state index in [9.17, 15) is 25.0 Å². The minimum Gasteiger partial charge on any atom is -0.378 e. The third-order valence-corrected chi connectivity index (χ3v) is 3.29. The van der Waals surface area contributed by atoms with Crippen LogP contribution in [0, 0.1) is 27.2 Å². The predicted molar refractivity (Wildman–Crippen MR) is 71.2 cm³/mol. The Labute approximate surface area is 119 Å². The number of amides is 1. The van der Waals surface area contributed by atoms with E-state index in [0.717, 1.165) is 12.1 Å². The lowest BCUT2D eigenvalue weighted by Crippen LogP contribution is -2.40. The topological polar surface area (TPSA) is 116 Å². The Morgan fingerprint density at radius 3 is 2.05 bits per heavy atom. The van der Waals surface area contributed by atoms with E-state index >= 15 is 0 Å². The molecule has 1 saturated heterocycles. The van der Waals surface area contributed by atoms with Crippen molar-refractivity contribution in [3.05, 3.63) is 43.5 Å². The Hall–Kier alpha value is -2.55. The molecule has 0 aromatic heterocycles. The molecule has 0 unspecified atom stereocenters. The molecule has 1 fully saturated rings. The van der Waals surface area contributed by atoms with Crippen molar-refractivity contribution >= 4 is 17.3 Å². The lowest BCUT2D eigenvalue weighted by Gasteiger charge is -2.26. The van der Waals surface area contributed by atoms with Crippen molar-refractivity contribution in [2.45, 2.75) is 6.92 Å². The van der Waals surface area contributed by atoms with E-state index < -0.39 is 27.1 Å². The molecule has 0 saturated carbocycles. The second kappa shape index (κ2) is 5.83. The van der Waals surface area contributed by atoms with Crippen LogP contribution in [-0.4, -0.2) is 47.0 Å². The highest BCUT2D eigenvalue weighted by Crippen LogP contribution is 2.29. The smallest absolute Gasteiger partial charge is 0.279 e. The highest BCUT2D eigenvalue weighted by molar-refractivity contribution is 5.96. The summed E-state index contributed by atoms with van der Waals surface area (Å²) in [6.07, 6.45) is 0. The number of nitro groups is 2. The van der Waals surface area contributed by atoms with Crippen LogP contribution in [0.3, 0.4) is 0 Å². The number of nitro benzene ring substituents is 2. The molecule has 1 aliphatic rings. The highest BCUT2D eigenvalue weighted by Gasteiger charge is 2.27. The number of rotatable bonds is 3. The Morgan fingerprint density at radius 1 is 1.14 bits per heavy atom. The second-order valence-corrected chi connectivity index (χ2v) is 4.56. The van der Waals surface area contributed by atoms with Crippen molar-refractivity contribution < 1.29 is 19.4 Å². The first-order valence-corrected chi connectivity index (χ1v) is 6.22. The Kier molecular flexibility index (Phi) is 4.13. The lowest BCUT2D eigenvalue weighted by molar-refractivity contribution is -0.395. The van der Waals surface area contributed by atoms with Gasteiger partial charge in [-0.05, 0) is 6.92 Å². The van der Waals surface area contributed by atoms with Crippen LogP contribution in [0.4, 0.5) is 11.4 Å². The molecule has 2 rings (SSSR count). The predicted octanol–water partition coefficient (Wildman–Crippen LogP) is 1.28. The van der Waals surface area contributed by atoms with Gasteiger partial charge in [0.2, 0.25) is 0 Å². The maximum atomic E-state index is 12.3. The fourth-order valence-electron chi connectivity index (χ4n) is 2.14. The van der Waals surface area contributed by atoms with Gasteiger partial charge in [-0.25, -0.2) is 0 Å². The summed E-state index contributed by atoms with van der Waals surface area (Å²) >= 11 is 0. The van der Waals surface area contributed by atoms with Crippen LogP contribution in [0.5, 0.6) is 0 Å². The average molecular weight is 295 g/mol. The van der Waals surface area contributed by atoms with E-state index in [-0.39, 0.29) is 11.1 Å². The zero-order valence-corrected chi connectivity index (χ0v) is 11.3. The molecule has 9 heteroatoms. The normalized spacial score (nSPS) is 14.8. The molecule has 1 aromatic rings. The molecule has 0 spiro atoms. The number of carbonyl (C=O) groups excluding carboxylic acids is 1. The molecule has 0 atom stereocenters. The maximum Gasteiger partial charge on any atom is 0.279 e. The second-order valence-electron chi connectivity index (χ2n) is 4.56. The molecule has 1 amide bonds. The van der Waals surface area contributed by atoms with Gasteiger partial charge in [0.15, 0.2) is 0 Å². The van der Waals surface area contributed by atoms with E-state index in [1.807, 2.05) is 0 Å². The van der Waals surface area contributed by atoms with Crippen molar-refractivity contribution in [2.24, 2.45) is 0 Å². The molecule has 0 bridgehead atoms. The van der Waals surface area contributed by atoms with E-state index in [0.29, 0.717) is 26.3 Å². The largest absolute Gasteiger partial charge is 0.378 e. The van der Waals surface area contributed by atoms with E-state index in [4.69, 9.17) is 4.74 Å². The van der Waals surface area contributed by atoms with Crippen molar-refractivity contribution in [2.75, 3.05) is 26.3 Å². The molecule has 0 N–H and O–H groups in total. The summed E-state index contributed by atoms with van der Waals surface area (Å²) in [6.45, 7) is 2.76. The molecular weight excluding hydrogens is 282 g/mol. The standard InChI is InChI=1S/C12H13N3O6/c1-8-10(14(17)18)6-9(7-11(8)15(19)20)12(16)13-2-4-21-5-3-13/h6-7H,2-5H2,1H3. The summed E-state index contributed by atoms with van der Waals surface area (Å²) in [6, 6.07) is 2.17.